The van der Waals surface area contributed by atoms with Crippen molar-refractivity contribution in [3.05, 3.63) is 58.4 Å². The highest BCUT2D eigenvalue weighted by molar-refractivity contribution is 5.41. The van der Waals surface area contributed by atoms with Crippen LogP contribution >= 0.6 is 0 Å². The van der Waals surface area contributed by atoms with Crippen molar-refractivity contribution in [2.24, 2.45) is 0 Å². The molecule has 0 aliphatic rings. The highest BCUT2D eigenvalue weighted by Gasteiger charge is 2.10. The lowest BCUT2D eigenvalue weighted by Gasteiger charge is -2.06. The van der Waals surface area contributed by atoms with E-state index in [9.17, 15) is 4.79 Å². The first-order valence-corrected chi connectivity index (χ1v) is 6.73. The molecule has 1 aromatic carbocycles. The molecule has 102 valence electrons. The van der Waals surface area contributed by atoms with Gasteiger partial charge in [-0.2, -0.15) is 0 Å². The van der Waals surface area contributed by atoms with Crippen molar-refractivity contribution in [2.75, 3.05) is 0 Å². The first-order chi connectivity index (χ1) is 9.70. The van der Waals surface area contributed by atoms with Crippen LogP contribution in [0.15, 0.2) is 41.5 Å². The van der Waals surface area contributed by atoms with Crippen LogP contribution in [0.3, 0.4) is 0 Å². The normalized spacial score (nSPS) is 11.1. The fraction of sp³-hybridized carbons (Fsp3) is 0.267. The maximum atomic E-state index is 12.5. The van der Waals surface area contributed by atoms with Crippen LogP contribution < -0.4 is 5.56 Å². The van der Waals surface area contributed by atoms with Crippen molar-refractivity contribution in [2.45, 2.75) is 26.7 Å². The second-order valence-corrected chi connectivity index (χ2v) is 4.87. The molecule has 2 heterocycles. The first-order valence-electron chi connectivity index (χ1n) is 6.73. The lowest BCUT2D eigenvalue weighted by Crippen LogP contribution is -2.20. The average molecular weight is 268 g/mol. The second kappa shape index (κ2) is 4.92. The van der Waals surface area contributed by atoms with Crippen molar-refractivity contribution in [3.8, 4) is 5.69 Å². The maximum Gasteiger partial charge on any atom is 0.300 e. The summed E-state index contributed by atoms with van der Waals surface area (Å²) in [7, 11) is 0. The Kier molecular flexibility index (Phi) is 3.10. The summed E-state index contributed by atoms with van der Waals surface area (Å²) in [6.45, 7) is 4.10. The quantitative estimate of drug-likeness (QED) is 0.731. The third kappa shape index (κ3) is 2.01. The average Bonchev–Trinajstić information content (AvgIpc) is 2.85. The molecule has 0 radical (unpaired) electrons. The summed E-state index contributed by atoms with van der Waals surface area (Å²) in [5, 5.41) is 8.11. The van der Waals surface area contributed by atoms with Gasteiger partial charge in [0.25, 0.3) is 0 Å². The van der Waals surface area contributed by atoms with Gasteiger partial charge in [0.2, 0.25) is 5.65 Å². The molecule has 0 saturated carbocycles. The summed E-state index contributed by atoms with van der Waals surface area (Å²) in [4.78, 5) is 12.5. The molecule has 0 spiro atoms. The molecular weight excluding hydrogens is 252 g/mol. The number of hydrogen-bond acceptors (Lipinski definition) is 3. The van der Waals surface area contributed by atoms with Gasteiger partial charge >= 0.3 is 5.56 Å². The van der Waals surface area contributed by atoms with Crippen LogP contribution in [0, 0.1) is 6.92 Å². The molecule has 2 aromatic heterocycles. The fourth-order valence-electron chi connectivity index (χ4n) is 2.24. The molecular formula is C15H16N4O. The predicted octanol–water partition coefficient (Wildman–Crippen LogP) is 2.14. The van der Waals surface area contributed by atoms with E-state index in [-0.39, 0.29) is 5.56 Å². The summed E-state index contributed by atoms with van der Waals surface area (Å²) in [5.41, 5.74) is 2.22. The van der Waals surface area contributed by atoms with Gasteiger partial charge in [-0.1, -0.05) is 24.6 Å². The van der Waals surface area contributed by atoms with Gasteiger partial charge < -0.3 is 0 Å². The molecule has 0 aliphatic heterocycles. The Bertz CT molecular complexity index is 799. The van der Waals surface area contributed by atoms with E-state index in [4.69, 9.17) is 0 Å². The molecule has 0 N–H and O–H groups in total. The smallest absolute Gasteiger partial charge is 0.280 e. The highest BCUT2D eigenvalue weighted by atomic mass is 16.1. The summed E-state index contributed by atoms with van der Waals surface area (Å²) >= 11 is 0. The number of aryl methyl sites for hydroxylation is 2. The molecule has 5 nitrogen and oxygen atoms in total. The van der Waals surface area contributed by atoms with Crippen LogP contribution in [0.1, 0.15) is 24.7 Å². The Morgan fingerprint density at radius 3 is 2.55 bits per heavy atom. The zero-order chi connectivity index (χ0) is 14.1. The summed E-state index contributed by atoms with van der Waals surface area (Å²) in [5.74, 6) is 0.829. The van der Waals surface area contributed by atoms with Crippen LogP contribution in [0.5, 0.6) is 0 Å². The molecule has 20 heavy (non-hydrogen) atoms. The standard InChI is InChI=1S/C15H16N4O/c1-3-4-13-16-17-14-15(20)18(9-10-19(13)14)12-7-5-11(2)6-8-12/h5-10H,3-4H2,1-2H3. The van der Waals surface area contributed by atoms with Crippen molar-refractivity contribution in [1.29, 1.82) is 0 Å². The monoisotopic (exact) mass is 268 g/mol. The van der Waals surface area contributed by atoms with E-state index in [0.29, 0.717) is 5.65 Å². The van der Waals surface area contributed by atoms with Gasteiger partial charge in [-0.05, 0) is 25.5 Å². The minimum atomic E-state index is -0.147. The Balaban J connectivity index is 2.17. The minimum absolute atomic E-state index is 0.147. The topological polar surface area (TPSA) is 52.2 Å². The van der Waals surface area contributed by atoms with Crippen molar-refractivity contribution < 1.29 is 0 Å². The second-order valence-electron chi connectivity index (χ2n) is 4.87. The van der Waals surface area contributed by atoms with Gasteiger partial charge in [-0.25, -0.2) is 0 Å². The fourth-order valence-corrected chi connectivity index (χ4v) is 2.24. The predicted molar refractivity (Wildman–Crippen MR) is 77.3 cm³/mol. The van der Waals surface area contributed by atoms with Gasteiger partial charge in [0.1, 0.15) is 5.82 Å². The lowest BCUT2D eigenvalue weighted by atomic mass is 10.2. The van der Waals surface area contributed by atoms with Crippen LogP contribution in [-0.4, -0.2) is 19.2 Å². The number of aromatic nitrogens is 4. The number of benzene rings is 1. The third-order valence-electron chi connectivity index (χ3n) is 3.33. The zero-order valence-electron chi connectivity index (χ0n) is 11.6. The number of hydrogen-bond donors (Lipinski definition) is 0. The zero-order valence-corrected chi connectivity index (χ0v) is 11.6. The van der Waals surface area contributed by atoms with Crippen LogP contribution in [0.25, 0.3) is 11.3 Å². The van der Waals surface area contributed by atoms with Gasteiger partial charge in [-0.15, -0.1) is 10.2 Å². The summed E-state index contributed by atoms with van der Waals surface area (Å²) < 4.78 is 3.37. The Labute approximate surface area is 116 Å². The molecule has 0 amide bonds. The largest absolute Gasteiger partial charge is 0.300 e. The molecule has 5 heteroatoms. The number of rotatable bonds is 3. The molecule has 3 aromatic rings. The highest BCUT2D eigenvalue weighted by Crippen LogP contribution is 2.08. The molecule has 0 bridgehead atoms. The van der Waals surface area contributed by atoms with E-state index in [2.05, 4.69) is 17.1 Å². The molecule has 0 aliphatic carbocycles. The van der Waals surface area contributed by atoms with Crippen LogP contribution in [0.4, 0.5) is 0 Å². The van der Waals surface area contributed by atoms with Gasteiger partial charge in [0.15, 0.2) is 0 Å². The molecule has 3 rings (SSSR count). The van der Waals surface area contributed by atoms with E-state index in [1.54, 1.807) is 15.2 Å². The van der Waals surface area contributed by atoms with Crippen molar-refractivity contribution in [3.63, 3.8) is 0 Å². The first kappa shape index (κ1) is 12.6. The van der Waals surface area contributed by atoms with Crippen LogP contribution in [-0.2, 0) is 6.42 Å². The van der Waals surface area contributed by atoms with Crippen molar-refractivity contribution >= 4 is 5.65 Å². The number of fused-ring (bicyclic) bond motifs is 1. The van der Waals surface area contributed by atoms with E-state index >= 15 is 0 Å². The van der Waals surface area contributed by atoms with Gasteiger partial charge in [0, 0.05) is 24.5 Å². The Hall–Kier alpha value is -2.43. The lowest BCUT2D eigenvalue weighted by molar-refractivity contribution is 0.813. The van der Waals surface area contributed by atoms with Gasteiger partial charge in [-0.3, -0.25) is 13.8 Å². The minimum Gasteiger partial charge on any atom is -0.280 e. The Morgan fingerprint density at radius 1 is 1.10 bits per heavy atom. The molecule has 0 atom stereocenters. The summed E-state index contributed by atoms with van der Waals surface area (Å²) in [6.07, 6.45) is 5.40. The van der Waals surface area contributed by atoms with E-state index in [1.807, 2.05) is 37.4 Å². The number of nitrogens with zero attached hydrogens (tertiary/aromatic N) is 4. The van der Waals surface area contributed by atoms with Gasteiger partial charge in [0.05, 0.1) is 0 Å². The Morgan fingerprint density at radius 2 is 1.85 bits per heavy atom. The molecule has 0 unspecified atom stereocenters. The van der Waals surface area contributed by atoms with Crippen LogP contribution in [0.2, 0.25) is 0 Å². The third-order valence-corrected chi connectivity index (χ3v) is 3.33. The van der Waals surface area contributed by atoms with Crippen molar-refractivity contribution in [1.82, 2.24) is 19.2 Å². The maximum absolute atomic E-state index is 12.5. The van der Waals surface area contributed by atoms with E-state index in [0.717, 1.165) is 29.9 Å². The SMILES string of the molecule is CCCc1nnc2c(=O)n(-c3ccc(C)cc3)ccn12. The molecule has 0 fully saturated rings. The summed E-state index contributed by atoms with van der Waals surface area (Å²) in [6, 6.07) is 7.82. The molecule has 0 saturated heterocycles. The van der Waals surface area contributed by atoms with E-state index in [1.165, 1.54) is 0 Å². The van der Waals surface area contributed by atoms with E-state index < -0.39 is 0 Å².